The van der Waals surface area contributed by atoms with Crippen molar-refractivity contribution in [1.82, 2.24) is 0 Å². The Kier molecular flexibility index (Phi) is 5.87. The third-order valence-corrected chi connectivity index (χ3v) is 4.02. The van der Waals surface area contributed by atoms with Crippen LogP contribution in [0.15, 0.2) is 53.5 Å². The first-order chi connectivity index (χ1) is 10.7. The Labute approximate surface area is 154 Å². The van der Waals surface area contributed by atoms with Crippen molar-refractivity contribution in [2.24, 2.45) is 10.7 Å². The Morgan fingerprint density at radius 3 is 2.61 bits per heavy atom. The lowest BCUT2D eigenvalue weighted by molar-refractivity contribution is 0.417. The molecule has 2 atom stereocenters. The summed E-state index contributed by atoms with van der Waals surface area (Å²) in [4.78, 5) is 4.59. The van der Waals surface area contributed by atoms with Crippen LogP contribution in [0.25, 0.3) is 0 Å². The lowest BCUT2D eigenvalue weighted by Crippen LogP contribution is -2.23. The van der Waals surface area contributed by atoms with Gasteiger partial charge in [0.2, 0.25) is 0 Å². The fourth-order valence-corrected chi connectivity index (χ4v) is 2.76. The highest BCUT2D eigenvalue weighted by Gasteiger charge is 2.39. The first-order valence-corrected chi connectivity index (χ1v) is 7.48. The molecule has 0 heterocycles. The zero-order valence-corrected chi connectivity index (χ0v) is 15.7. The number of nitrogens with one attached hydrogen (secondary N) is 1. The van der Waals surface area contributed by atoms with E-state index in [4.69, 9.17) is 10.5 Å². The minimum Gasteiger partial charge on any atom is -0.495 e. The summed E-state index contributed by atoms with van der Waals surface area (Å²) < 4.78 is 5.30. The fourth-order valence-electron chi connectivity index (χ4n) is 2.76. The van der Waals surface area contributed by atoms with Gasteiger partial charge in [0.05, 0.1) is 18.8 Å². The molecule has 3 N–H and O–H groups in total. The Morgan fingerprint density at radius 2 is 1.87 bits per heavy atom. The van der Waals surface area contributed by atoms with Gasteiger partial charge in [0.25, 0.3) is 0 Å². The Hall–Kier alpha value is -1.76. The summed E-state index contributed by atoms with van der Waals surface area (Å²) in [6.45, 7) is 2.14. The molecule has 0 spiro atoms. The maximum absolute atomic E-state index is 6.03. The number of halogens is 1. The summed E-state index contributed by atoms with van der Waals surface area (Å²) in [5, 5.41) is 3.12. The topological polar surface area (TPSA) is 59.6 Å². The van der Waals surface area contributed by atoms with Gasteiger partial charge in [-0.25, -0.2) is 4.99 Å². The third-order valence-electron chi connectivity index (χ3n) is 4.02. The number of hydrogen-bond donors (Lipinski definition) is 2. The van der Waals surface area contributed by atoms with Gasteiger partial charge >= 0.3 is 0 Å². The molecule has 0 aliphatic heterocycles. The number of aliphatic imine (C=N–C) groups is 1. The number of nitrogens with zero attached hydrogens (tertiary/aromatic N) is 1. The lowest BCUT2D eigenvalue weighted by atomic mass is 10.0. The van der Waals surface area contributed by atoms with E-state index in [2.05, 4.69) is 41.5 Å². The van der Waals surface area contributed by atoms with Crippen LogP contribution < -0.4 is 15.8 Å². The van der Waals surface area contributed by atoms with Crippen molar-refractivity contribution < 1.29 is 4.74 Å². The molecule has 0 saturated heterocycles. The van der Waals surface area contributed by atoms with Crippen LogP contribution in [-0.2, 0) is 0 Å². The van der Waals surface area contributed by atoms with Crippen LogP contribution in [0.1, 0.15) is 23.5 Å². The van der Waals surface area contributed by atoms with Crippen molar-refractivity contribution in [2.45, 2.75) is 25.3 Å². The minimum atomic E-state index is 0. The van der Waals surface area contributed by atoms with Crippen LogP contribution in [-0.4, -0.2) is 19.1 Å². The average Bonchev–Trinajstić information content (AvgIpc) is 3.27. The predicted molar refractivity (Wildman–Crippen MR) is 106 cm³/mol. The van der Waals surface area contributed by atoms with Crippen molar-refractivity contribution in [3.05, 3.63) is 59.7 Å². The molecule has 2 aromatic carbocycles. The molecule has 1 aliphatic rings. The molecule has 0 bridgehead atoms. The number of nitrogens with two attached hydrogens (primary N) is 1. The summed E-state index contributed by atoms with van der Waals surface area (Å²) in [7, 11) is 1.64. The van der Waals surface area contributed by atoms with Crippen LogP contribution in [0, 0.1) is 6.92 Å². The second kappa shape index (κ2) is 7.68. The summed E-state index contributed by atoms with van der Waals surface area (Å²) in [5.74, 6) is 1.68. The van der Waals surface area contributed by atoms with Gasteiger partial charge in [-0.3, -0.25) is 0 Å². The van der Waals surface area contributed by atoms with E-state index in [0.29, 0.717) is 11.9 Å². The zero-order valence-electron chi connectivity index (χ0n) is 13.3. The standard InChI is InChI=1S/C18H21N3O.HI/c1-12-7-3-4-8-13(12)14-11-16(14)21-18(19)20-15-9-5-6-10-17(15)22-2;/h3-10,14,16H,11H2,1-2H3,(H3,19,20,21);1H. The maximum atomic E-state index is 6.03. The van der Waals surface area contributed by atoms with Gasteiger partial charge in [0.1, 0.15) is 5.75 Å². The average molecular weight is 423 g/mol. The van der Waals surface area contributed by atoms with Gasteiger partial charge < -0.3 is 15.8 Å². The molecule has 0 amide bonds. The van der Waals surface area contributed by atoms with E-state index in [0.717, 1.165) is 17.9 Å². The summed E-state index contributed by atoms with van der Waals surface area (Å²) in [6.07, 6.45) is 1.05. The molecular weight excluding hydrogens is 401 g/mol. The quantitative estimate of drug-likeness (QED) is 0.446. The van der Waals surface area contributed by atoms with E-state index in [-0.39, 0.29) is 30.0 Å². The van der Waals surface area contributed by atoms with Gasteiger partial charge in [-0.2, -0.15) is 0 Å². The van der Waals surface area contributed by atoms with E-state index >= 15 is 0 Å². The first-order valence-electron chi connectivity index (χ1n) is 7.48. The van der Waals surface area contributed by atoms with E-state index < -0.39 is 0 Å². The highest BCUT2D eigenvalue weighted by Crippen LogP contribution is 2.44. The van der Waals surface area contributed by atoms with E-state index in [9.17, 15) is 0 Å². The lowest BCUT2D eigenvalue weighted by Gasteiger charge is -2.10. The van der Waals surface area contributed by atoms with Crippen molar-refractivity contribution in [2.75, 3.05) is 12.4 Å². The molecule has 1 saturated carbocycles. The van der Waals surface area contributed by atoms with Crippen molar-refractivity contribution in [1.29, 1.82) is 0 Å². The number of ether oxygens (including phenoxy) is 1. The summed E-state index contributed by atoms with van der Waals surface area (Å²) in [5.41, 5.74) is 9.56. The smallest absolute Gasteiger partial charge is 0.193 e. The number of hydrogen-bond acceptors (Lipinski definition) is 2. The molecule has 2 aromatic rings. The van der Waals surface area contributed by atoms with Crippen molar-refractivity contribution >= 4 is 35.6 Å². The van der Waals surface area contributed by atoms with Gasteiger partial charge in [-0.05, 0) is 36.6 Å². The number of guanidine groups is 1. The molecule has 2 unspecified atom stereocenters. The summed E-state index contributed by atoms with van der Waals surface area (Å²) >= 11 is 0. The number of anilines is 1. The van der Waals surface area contributed by atoms with E-state index in [1.54, 1.807) is 7.11 Å². The van der Waals surface area contributed by atoms with Gasteiger partial charge in [-0.15, -0.1) is 24.0 Å². The fraction of sp³-hybridized carbons (Fsp3) is 0.278. The minimum absolute atomic E-state index is 0. The molecule has 0 aromatic heterocycles. The zero-order chi connectivity index (χ0) is 15.5. The predicted octanol–water partition coefficient (Wildman–Crippen LogP) is 3.90. The highest BCUT2D eigenvalue weighted by atomic mass is 127. The molecular formula is C18H22IN3O. The van der Waals surface area contributed by atoms with Crippen LogP contribution >= 0.6 is 24.0 Å². The van der Waals surface area contributed by atoms with Gasteiger partial charge in [-0.1, -0.05) is 36.4 Å². The second-order valence-corrected chi connectivity index (χ2v) is 5.61. The summed E-state index contributed by atoms with van der Waals surface area (Å²) in [6, 6.07) is 16.4. The van der Waals surface area contributed by atoms with Gasteiger partial charge in [0, 0.05) is 5.92 Å². The van der Waals surface area contributed by atoms with Crippen molar-refractivity contribution in [3.8, 4) is 5.75 Å². The first kappa shape index (κ1) is 17.6. The normalized spacial score (nSPS) is 19.7. The molecule has 5 heteroatoms. The highest BCUT2D eigenvalue weighted by molar-refractivity contribution is 14.0. The number of methoxy groups -OCH3 is 1. The van der Waals surface area contributed by atoms with Crippen molar-refractivity contribution in [3.63, 3.8) is 0 Å². The number of aryl methyl sites for hydroxylation is 1. The largest absolute Gasteiger partial charge is 0.495 e. The van der Waals surface area contributed by atoms with E-state index in [1.807, 2.05) is 24.3 Å². The third kappa shape index (κ3) is 4.16. The molecule has 1 fully saturated rings. The SMILES string of the molecule is COc1ccccc1NC(N)=NC1CC1c1ccccc1C.I. The monoisotopic (exact) mass is 423 g/mol. The molecule has 122 valence electrons. The second-order valence-electron chi connectivity index (χ2n) is 5.61. The maximum Gasteiger partial charge on any atom is 0.193 e. The van der Waals surface area contributed by atoms with Crippen LogP contribution in [0.2, 0.25) is 0 Å². The Bertz CT molecular complexity index is 702. The van der Waals surface area contributed by atoms with E-state index in [1.165, 1.54) is 11.1 Å². The van der Waals surface area contributed by atoms with Gasteiger partial charge in [0.15, 0.2) is 5.96 Å². The Balaban J connectivity index is 0.00000192. The number of benzene rings is 2. The van der Waals surface area contributed by atoms with Crippen LogP contribution in [0.5, 0.6) is 5.75 Å². The Morgan fingerprint density at radius 1 is 1.17 bits per heavy atom. The number of para-hydroxylation sites is 2. The molecule has 4 nitrogen and oxygen atoms in total. The van der Waals surface area contributed by atoms with Crippen LogP contribution in [0.4, 0.5) is 5.69 Å². The molecule has 0 radical (unpaired) electrons. The molecule has 3 rings (SSSR count). The van der Waals surface area contributed by atoms with Crippen LogP contribution in [0.3, 0.4) is 0 Å². The number of rotatable bonds is 4. The molecule has 1 aliphatic carbocycles. The molecule has 23 heavy (non-hydrogen) atoms.